The number of halogens is 1. The molecule has 1 aliphatic carbocycles. The predicted octanol–water partition coefficient (Wildman–Crippen LogP) is 4.85. The Morgan fingerprint density at radius 1 is 1.18 bits per heavy atom. The summed E-state index contributed by atoms with van der Waals surface area (Å²) in [5.41, 5.74) is 8.92. The molecule has 0 unspecified atom stereocenters. The molecule has 0 bridgehead atoms. The number of rotatable bonds is 7. The average Bonchev–Trinajstić information content (AvgIpc) is 3.36. The Hall–Kier alpha value is -3.76. The molecule has 10 heteroatoms. The van der Waals surface area contributed by atoms with Crippen LogP contribution in [0.1, 0.15) is 48.1 Å². The molecule has 39 heavy (non-hydrogen) atoms. The zero-order chi connectivity index (χ0) is 27.3. The van der Waals surface area contributed by atoms with Gasteiger partial charge in [-0.25, -0.2) is 24.3 Å². The summed E-state index contributed by atoms with van der Waals surface area (Å²) in [6, 6.07) is 11.9. The molecular formula is C29H29FN6O2S. The molecule has 2 N–H and O–H groups in total. The van der Waals surface area contributed by atoms with E-state index in [9.17, 15) is 9.18 Å². The van der Waals surface area contributed by atoms with Crippen molar-refractivity contribution in [3.63, 3.8) is 0 Å². The highest BCUT2D eigenvalue weighted by molar-refractivity contribution is 7.17. The fourth-order valence-electron chi connectivity index (χ4n) is 5.09. The van der Waals surface area contributed by atoms with Gasteiger partial charge >= 0.3 is 0 Å². The van der Waals surface area contributed by atoms with Crippen LogP contribution >= 0.6 is 11.3 Å². The van der Waals surface area contributed by atoms with Gasteiger partial charge in [0.2, 0.25) is 5.88 Å². The zero-order valence-corrected chi connectivity index (χ0v) is 22.8. The number of piperidine rings is 1. The summed E-state index contributed by atoms with van der Waals surface area (Å²) in [6.45, 7) is 6.47. The normalized spacial score (nSPS) is 20.1. The molecule has 3 aromatic heterocycles. The summed E-state index contributed by atoms with van der Waals surface area (Å²) >= 11 is 1.35. The van der Waals surface area contributed by atoms with Crippen molar-refractivity contribution in [2.45, 2.75) is 51.3 Å². The first-order chi connectivity index (χ1) is 18.7. The lowest BCUT2D eigenvalue weighted by Crippen LogP contribution is -2.71. The van der Waals surface area contributed by atoms with Crippen LogP contribution in [0.2, 0.25) is 0 Å². The lowest BCUT2D eigenvalue weighted by molar-refractivity contribution is -0.119. The van der Waals surface area contributed by atoms with Gasteiger partial charge in [0.05, 0.1) is 11.4 Å². The summed E-state index contributed by atoms with van der Waals surface area (Å²) in [4.78, 5) is 33.9. The molecule has 8 nitrogen and oxygen atoms in total. The maximum atomic E-state index is 13.5. The number of aryl methyl sites for hydroxylation is 1. The zero-order valence-electron chi connectivity index (χ0n) is 22.0. The number of thiazole rings is 1. The van der Waals surface area contributed by atoms with Crippen LogP contribution in [0.3, 0.4) is 0 Å². The van der Waals surface area contributed by atoms with Crippen molar-refractivity contribution in [3.05, 3.63) is 76.8 Å². The fraction of sp³-hybridized carbons (Fsp3) is 0.345. The number of ether oxygens (including phenoxy) is 1. The van der Waals surface area contributed by atoms with Gasteiger partial charge in [0.25, 0.3) is 5.91 Å². The molecule has 1 aromatic carbocycles. The van der Waals surface area contributed by atoms with E-state index in [1.807, 2.05) is 37.8 Å². The largest absolute Gasteiger partial charge is 0.474 e. The molecule has 0 radical (unpaired) electrons. The van der Waals surface area contributed by atoms with Gasteiger partial charge in [-0.05, 0) is 62.2 Å². The first-order valence-corrected chi connectivity index (χ1v) is 13.8. The van der Waals surface area contributed by atoms with Gasteiger partial charge in [-0.2, -0.15) is 0 Å². The third kappa shape index (κ3) is 4.79. The molecule has 0 spiro atoms. The van der Waals surface area contributed by atoms with Crippen LogP contribution in [0, 0.1) is 11.7 Å². The van der Waals surface area contributed by atoms with Crippen LogP contribution in [0.4, 0.5) is 4.39 Å². The Bertz CT molecular complexity index is 1520. The van der Waals surface area contributed by atoms with E-state index in [2.05, 4.69) is 15.0 Å². The van der Waals surface area contributed by atoms with Gasteiger partial charge in [-0.1, -0.05) is 6.92 Å². The monoisotopic (exact) mass is 544 g/mol. The van der Waals surface area contributed by atoms with Crippen molar-refractivity contribution in [2.75, 3.05) is 6.54 Å². The number of hydrogen-bond acceptors (Lipinski definition) is 8. The molecule has 1 aliphatic heterocycles. The number of amides is 1. The SMILES string of the molecule is CCc1nc(-c2ncccn2)sc1C(=O)N1C[C@@H]2[C@H]1C[C@H]2Oc1cc(C(C)(C)N)cc(-c2ccc(F)cc2)n1. The Morgan fingerprint density at radius 2 is 1.92 bits per heavy atom. The van der Waals surface area contributed by atoms with E-state index in [4.69, 9.17) is 15.5 Å². The molecule has 2 aliphatic rings. The number of nitrogens with two attached hydrogens (primary N) is 1. The predicted molar refractivity (Wildman–Crippen MR) is 147 cm³/mol. The minimum Gasteiger partial charge on any atom is -0.474 e. The highest BCUT2D eigenvalue weighted by Crippen LogP contribution is 2.45. The quantitative estimate of drug-likeness (QED) is 0.354. The molecule has 4 heterocycles. The van der Waals surface area contributed by atoms with Gasteiger partial charge < -0.3 is 15.4 Å². The highest BCUT2D eigenvalue weighted by atomic mass is 32.1. The van der Waals surface area contributed by atoms with Crippen LogP contribution < -0.4 is 10.5 Å². The molecule has 2 fully saturated rings. The maximum absolute atomic E-state index is 13.5. The van der Waals surface area contributed by atoms with Crippen LogP contribution in [0.5, 0.6) is 5.88 Å². The van der Waals surface area contributed by atoms with Crippen LogP contribution in [-0.4, -0.2) is 49.4 Å². The molecule has 1 amide bonds. The topological polar surface area (TPSA) is 107 Å². The number of likely N-dealkylation sites (tertiary alicyclic amines) is 1. The van der Waals surface area contributed by atoms with E-state index in [1.165, 1.54) is 23.5 Å². The number of carbonyl (C=O) groups is 1. The lowest BCUT2D eigenvalue weighted by Gasteiger charge is -2.59. The number of hydrogen-bond donors (Lipinski definition) is 1. The lowest BCUT2D eigenvalue weighted by atomic mass is 9.68. The summed E-state index contributed by atoms with van der Waals surface area (Å²) in [5.74, 6) is 0.973. The van der Waals surface area contributed by atoms with Crippen molar-refractivity contribution in [1.82, 2.24) is 24.8 Å². The first-order valence-electron chi connectivity index (χ1n) is 13.0. The molecule has 4 aromatic rings. The van der Waals surface area contributed by atoms with Crippen molar-refractivity contribution in [3.8, 4) is 28.0 Å². The number of pyridine rings is 1. The number of nitrogens with zero attached hydrogens (tertiary/aromatic N) is 5. The average molecular weight is 545 g/mol. The standard InChI is InChI=1S/C29H29FN6O2S/c1-4-20-25(39-27(35-20)26-32-10-5-11-33-26)28(37)36-15-19-22(36)14-23(19)38-24-13-17(29(2,3)31)12-21(34-24)16-6-8-18(30)9-7-16/h5-13,19,22-23H,4,14-15,31H2,1-3H3/t19-,22-,23-/m1/s1. The highest BCUT2D eigenvalue weighted by Gasteiger charge is 2.56. The van der Waals surface area contributed by atoms with E-state index < -0.39 is 5.54 Å². The van der Waals surface area contributed by atoms with E-state index in [0.717, 1.165) is 23.2 Å². The number of carbonyl (C=O) groups excluding carboxylic acids is 1. The minimum absolute atomic E-state index is 0.00910. The summed E-state index contributed by atoms with van der Waals surface area (Å²) in [5, 5.41) is 0.661. The second-order valence-electron chi connectivity index (χ2n) is 10.6. The van der Waals surface area contributed by atoms with Crippen molar-refractivity contribution >= 4 is 17.2 Å². The molecule has 3 atom stereocenters. The second-order valence-corrected chi connectivity index (χ2v) is 11.6. The van der Waals surface area contributed by atoms with Crippen molar-refractivity contribution in [2.24, 2.45) is 11.7 Å². The Morgan fingerprint density at radius 3 is 2.56 bits per heavy atom. The first kappa shape index (κ1) is 25.5. The van der Waals surface area contributed by atoms with Crippen LogP contribution in [-0.2, 0) is 12.0 Å². The van der Waals surface area contributed by atoms with Gasteiger partial charge in [-0.15, -0.1) is 11.3 Å². The van der Waals surface area contributed by atoms with Crippen molar-refractivity contribution in [1.29, 1.82) is 0 Å². The maximum Gasteiger partial charge on any atom is 0.266 e. The van der Waals surface area contributed by atoms with E-state index in [0.29, 0.717) is 40.2 Å². The Balaban J connectivity index is 1.16. The summed E-state index contributed by atoms with van der Waals surface area (Å²) in [7, 11) is 0. The van der Waals surface area contributed by atoms with Gasteiger partial charge in [0, 0.05) is 54.5 Å². The summed E-state index contributed by atoms with van der Waals surface area (Å²) in [6.07, 6.45) is 4.70. The van der Waals surface area contributed by atoms with E-state index in [1.54, 1.807) is 30.6 Å². The molecule has 1 saturated heterocycles. The fourth-order valence-corrected chi connectivity index (χ4v) is 6.14. The van der Waals surface area contributed by atoms with E-state index in [-0.39, 0.29) is 29.8 Å². The number of benzene rings is 1. The van der Waals surface area contributed by atoms with Gasteiger partial charge in [0.15, 0.2) is 10.8 Å². The number of fused-ring (bicyclic) bond motifs is 1. The molecule has 6 rings (SSSR count). The third-order valence-corrected chi connectivity index (χ3v) is 8.54. The van der Waals surface area contributed by atoms with E-state index >= 15 is 0 Å². The van der Waals surface area contributed by atoms with Crippen LogP contribution in [0.25, 0.3) is 22.1 Å². The molecule has 200 valence electrons. The molecule has 1 saturated carbocycles. The Kier molecular flexibility index (Phi) is 6.39. The Labute approximate surface area is 230 Å². The third-order valence-electron chi connectivity index (χ3n) is 7.46. The van der Waals surface area contributed by atoms with Gasteiger partial charge in [-0.3, -0.25) is 4.79 Å². The minimum atomic E-state index is -0.604. The van der Waals surface area contributed by atoms with Crippen molar-refractivity contribution < 1.29 is 13.9 Å². The van der Waals surface area contributed by atoms with Crippen LogP contribution in [0.15, 0.2) is 54.9 Å². The second kappa shape index (κ2) is 9.77. The smallest absolute Gasteiger partial charge is 0.266 e. The summed E-state index contributed by atoms with van der Waals surface area (Å²) < 4.78 is 19.8. The van der Waals surface area contributed by atoms with Gasteiger partial charge in [0.1, 0.15) is 16.8 Å². The number of aromatic nitrogens is 4. The molecular weight excluding hydrogens is 515 g/mol.